The zero-order valence-corrected chi connectivity index (χ0v) is 10.8. The third-order valence-corrected chi connectivity index (χ3v) is 3.92. The fraction of sp³-hybridized carbons (Fsp3) is 0.769. The fourth-order valence-corrected chi connectivity index (χ4v) is 2.24. The second kappa shape index (κ2) is 5.65. The zero-order chi connectivity index (χ0) is 12.3. The highest BCUT2D eigenvalue weighted by Gasteiger charge is 2.19. The van der Waals surface area contributed by atoms with Crippen LogP contribution < -0.4 is 0 Å². The van der Waals surface area contributed by atoms with E-state index < -0.39 is 0 Å². The Hall–Kier alpha value is -0.870. The largest absolute Gasteiger partial charge is 0.395 e. The summed E-state index contributed by atoms with van der Waals surface area (Å²) in [5, 5.41) is 13.4. The van der Waals surface area contributed by atoms with E-state index in [9.17, 15) is 0 Å². The molecule has 1 aromatic rings. The maximum Gasteiger partial charge on any atom is 0.0558 e. The zero-order valence-electron chi connectivity index (χ0n) is 10.8. The second-order valence-electron chi connectivity index (χ2n) is 5.17. The van der Waals surface area contributed by atoms with Crippen LogP contribution in [0.15, 0.2) is 12.4 Å². The van der Waals surface area contributed by atoms with Gasteiger partial charge in [0.25, 0.3) is 0 Å². The van der Waals surface area contributed by atoms with Crippen molar-refractivity contribution in [2.75, 3.05) is 20.2 Å². The van der Waals surface area contributed by atoms with Crippen LogP contribution in [-0.4, -0.2) is 40.0 Å². The lowest BCUT2D eigenvalue weighted by Gasteiger charge is -2.25. The van der Waals surface area contributed by atoms with Crippen molar-refractivity contribution < 1.29 is 5.11 Å². The molecule has 4 heteroatoms. The van der Waals surface area contributed by atoms with Crippen LogP contribution in [0.2, 0.25) is 0 Å². The summed E-state index contributed by atoms with van der Waals surface area (Å²) in [6.45, 7) is 4.13. The molecule has 1 atom stereocenters. The van der Waals surface area contributed by atoms with Gasteiger partial charge in [-0.05, 0) is 32.7 Å². The van der Waals surface area contributed by atoms with E-state index in [4.69, 9.17) is 5.11 Å². The van der Waals surface area contributed by atoms with Crippen LogP contribution in [0.1, 0.15) is 37.8 Å². The monoisotopic (exact) mass is 237 g/mol. The number of hydrogen-bond donors (Lipinski definition) is 1. The minimum absolute atomic E-state index is 0.205. The highest BCUT2D eigenvalue weighted by molar-refractivity contribution is 5.09. The van der Waals surface area contributed by atoms with Crippen LogP contribution in [0.3, 0.4) is 0 Å². The van der Waals surface area contributed by atoms with Crippen molar-refractivity contribution in [1.82, 2.24) is 14.7 Å². The van der Waals surface area contributed by atoms with Crippen LogP contribution in [0.4, 0.5) is 0 Å². The van der Waals surface area contributed by atoms with Gasteiger partial charge in [0, 0.05) is 30.9 Å². The van der Waals surface area contributed by atoms with Crippen molar-refractivity contribution >= 4 is 0 Å². The highest BCUT2D eigenvalue weighted by Crippen LogP contribution is 2.28. The molecule has 1 aromatic heterocycles. The molecule has 0 bridgehead atoms. The van der Waals surface area contributed by atoms with Gasteiger partial charge in [-0.2, -0.15) is 5.10 Å². The fourth-order valence-electron chi connectivity index (χ4n) is 2.24. The van der Waals surface area contributed by atoms with Gasteiger partial charge in [0.15, 0.2) is 0 Å². The van der Waals surface area contributed by atoms with Gasteiger partial charge in [-0.1, -0.05) is 6.42 Å². The second-order valence-corrected chi connectivity index (χ2v) is 5.17. The number of rotatable bonds is 6. The average molecular weight is 237 g/mol. The molecule has 1 aliphatic rings. The third-order valence-electron chi connectivity index (χ3n) is 3.92. The molecular weight excluding hydrogens is 214 g/mol. The molecule has 0 spiro atoms. The summed E-state index contributed by atoms with van der Waals surface area (Å²) in [6, 6.07) is 0.317. The lowest BCUT2D eigenvalue weighted by atomic mass is 9.85. The minimum Gasteiger partial charge on any atom is -0.395 e. The van der Waals surface area contributed by atoms with Crippen molar-refractivity contribution in [1.29, 1.82) is 0 Å². The standard InChI is InChI=1S/C13H23N3O/c1-11(15(2)6-7-17)13-8-14-16(10-13)9-12-4-3-5-12/h8,10-12,17H,3-7,9H2,1-2H3. The van der Waals surface area contributed by atoms with Crippen molar-refractivity contribution in [3.63, 3.8) is 0 Å². The Morgan fingerprint density at radius 1 is 1.59 bits per heavy atom. The van der Waals surface area contributed by atoms with Gasteiger partial charge in [0.05, 0.1) is 12.8 Å². The number of aromatic nitrogens is 2. The van der Waals surface area contributed by atoms with Crippen LogP contribution in [0.5, 0.6) is 0 Å². The van der Waals surface area contributed by atoms with Gasteiger partial charge in [0.1, 0.15) is 0 Å². The number of hydrogen-bond acceptors (Lipinski definition) is 3. The van der Waals surface area contributed by atoms with E-state index in [0.717, 1.165) is 12.5 Å². The van der Waals surface area contributed by atoms with Crippen molar-refractivity contribution in [3.8, 4) is 0 Å². The van der Waals surface area contributed by atoms with Crippen LogP contribution in [0, 0.1) is 5.92 Å². The molecule has 1 fully saturated rings. The lowest BCUT2D eigenvalue weighted by molar-refractivity contribution is 0.188. The molecule has 1 aliphatic carbocycles. The van der Waals surface area contributed by atoms with E-state index in [-0.39, 0.29) is 6.61 Å². The molecule has 0 saturated heterocycles. The Morgan fingerprint density at radius 2 is 2.35 bits per heavy atom. The first kappa shape index (κ1) is 12.6. The molecule has 1 heterocycles. The molecule has 0 aromatic carbocycles. The normalized spacial score (nSPS) is 18.4. The molecule has 4 nitrogen and oxygen atoms in total. The van der Waals surface area contributed by atoms with E-state index >= 15 is 0 Å². The van der Waals surface area contributed by atoms with E-state index in [1.165, 1.54) is 24.8 Å². The van der Waals surface area contributed by atoms with Crippen LogP contribution in [0.25, 0.3) is 0 Å². The van der Waals surface area contributed by atoms with Gasteiger partial charge in [-0.25, -0.2) is 0 Å². The van der Waals surface area contributed by atoms with E-state index in [2.05, 4.69) is 27.8 Å². The molecule has 0 radical (unpaired) electrons. The third kappa shape index (κ3) is 3.07. The van der Waals surface area contributed by atoms with Gasteiger partial charge in [0.2, 0.25) is 0 Å². The van der Waals surface area contributed by atoms with Gasteiger partial charge in [-0.3, -0.25) is 9.58 Å². The van der Waals surface area contributed by atoms with Crippen LogP contribution >= 0.6 is 0 Å². The Bertz CT molecular complexity index is 346. The first-order valence-electron chi connectivity index (χ1n) is 6.54. The first-order valence-corrected chi connectivity index (χ1v) is 6.54. The predicted molar refractivity (Wildman–Crippen MR) is 67.7 cm³/mol. The molecule has 17 heavy (non-hydrogen) atoms. The molecule has 2 rings (SSSR count). The summed E-state index contributed by atoms with van der Waals surface area (Å²) in [5.74, 6) is 0.841. The molecule has 0 aliphatic heterocycles. The van der Waals surface area contributed by atoms with E-state index in [1.54, 1.807) is 0 Å². The molecule has 0 amide bonds. The lowest BCUT2D eigenvalue weighted by Crippen LogP contribution is -2.25. The predicted octanol–water partition coefficient (Wildman–Crippen LogP) is 1.67. The number of aliphatic hydroxyl groups excluding tert-OH is 1. The molecule has 1 N–H and O–H groups in total. The quantitative estimate of drug-likeness (QED) is 0.818. The molecule has 96 valence electrons. The SMILES string of the molecule is CC(c1cnn(CC2CCC2)c1)N(C)CCO. The summed E-state index contributed by atoms with van der Waals surface area (Å²) >= 11 is 0. The summed E-state index contributed by atoms with van der Waals surface area (Å²) < 4.78 is 2.07. The molecule has 1 unspecified atom stereocenters. The maximum absolute atomic E-state index is 8.93. The Kier molecular flexibility index (Phi) is 4.18. The summed E-state index contributed by atoms with van der Waals surface area (Å²) in [4.78, 5) is 2.14. The topological polar surface area (TPSA) is 41.3 Å². The average Bonchev–Trinajstić information content (AvgIpc) is 2.71. The molecule has 1 saturated carbocycles. The Labute approximate surface area is 103 Å². The maximum atomic E-state index is 8.93. The van der Waals surface area contributed by atoms with Crippen molar-refractivity contribution in [2.24, 2.45) is 5.92 Å². The van der Waals surface area contributed by atoms with Gasteiger partial charge < -0.3 is 5.11 Å². The highest BCUT2D eigenvalue weighted by atomic mass is 16.3. The Balaban J connectivity index is 1.91. The summed E-state index contributed by atoms with van der Waals surface area (Å²) in [5.41, 5.74) is 1.24. The number of nitrogens with zero attached hydrogens (tertiary/aromatic N) is 3. The first-order chi connectivity index (χ1) is 8.20. The summed E-state index contributed by atoms with van der Waals surface area (Å²) in [7, 11) is 2.03. The van der Waals surface area contributed by atoms with Crippen LogP contribution in [-0.2, 0) is 6.54 Å². The van der Waals surface area contributed by atoms with E-state index in [1.807, 2.05) is 13.2 Å². The summed E-state index contributed by atoms with van der Waals surface area (Å²) in [6.07, 6.45) is 8.20. The van der Waals surface area contributed by atoms with Crippen molar-refractivity contribution in [3.05, 3.63) is 18.0 Å². The smallest absolute Gasteiger partial charge is 0.0558 e. The number of likely N-dealkylation sites (N-methyl/N-ethyl adjacent to an activating group) is 1. The van der Waals surface area contributed by atoms with Crippen molar-refractivity contribution in [2.45, 2.75) is 38.8 Å². The Morgan fingerprint density at radius 3 is 2.94 bits per heavy atom. The minimum atomic E-state index is 0.205. The van der Waals surface area contributed by atoms with Gasteiger partial charge >= 0.3 is 0 Å². The van der Waals surface area contributed by atoms with Gasteiger partial charge in [-0.15, -0.1) is 0 Å². The molecular formula is C13H23N3O. The van der Waals surface area contributed by atoms with E-state index in [0.29, 0.717) is 12.6 Å². The number of aliphatic hydroxyl groups is 1.